The summed E-state index contributed by atoms with van der Waals surface area (Å²) < 4.78 is 26.5. The van der Waals surface area contributed by atoms with Crippen LogP contribution in [0.15, 0.2) is 48.5 Å². The van der Waals surface area contributed by atoms with Gasteiger partial charge in [-0.3, -0.25) is 0 Å². The number of benzene rings is 2. The quantitative estimate of drug-likeness (QED) is 0.388. The van der Waals surface area contributed by atoms with E-state index in [1.165, 1.54) is 17.4 Å². The fourth-order valence-corrected chi connectivity index (χ4v) is 5.03. The standard InChI is InChI=1S/C21H15FO4S2/c1-2-25-21(24)19-13(18-14(22)7-5-9-16(18)28-19)11-26-20(23)17-10-12-6-3-4-8-15(12)27-17/h3-10H,2,11H2,1H3. The van der Waals surface area contributed by atoms with Crippen molar-refractivity contribution in [3.63, 3.8) is 0 Å². The molecule has 0 radical (unpaired) electrons. The van der Waals surface area contributed by atoms with Crippen molar-refractivity contribution >= 4 is 54.8 Å². The van der Waals surface area contributed by atoms with Gasteiger partial charge in [-0.1, -0.05) is 24.3 Å². The molecule has 0 aliphatic rings. The first kappa shape index (κ1) is 18.6. The van der Waals surface area contributed by atoms with Gasteiger partial charge in [0.25, 0.3) is 0 Å². The van der Waals surface area contributed by atoms with E-state index in [9.17, 15) is 14.0 Å². The van der Waals surface area contributed by atoms with Crippen LogP contribution in [0, 0.1) is 5.82 Å². The molecule has 0 unspecified atom stereocenters. The highest BCUT2D eigenvalue weighted by molar-refractivity contribution is 7.21. The molecule has 0 amide bonds. The van der Waals surface area contributed by atoms with Gasteiger partial charge in [0.15, 0.2) is 0 Å². The van der Waals surface area contributed by atoms with Crippen molar-refractivity contribution in [2.75, 3.05) is 6.61 Å². The van der Waals surface area contributed by atoms with Crippen LogP contribution in [0.2, 0.25) is 0 Å². The fourth-order valence-electron chi connectivity index (χ4n) is 2.96. The number of thiophene rings is 2. The van der Waals surface area contributed by atoms with E-state index in [0.29, 0.717) is 20.5 Å². The molecule has 0 aliphatic carbocycles. The first-order valence-electron chi connectivity index (χ1n) is 8.61. The van der Waals surface area contributed by atoms with Gasteiger partial charge in [0.05, 0.1) is 6.61 Å². The van der Waals surface area contributed by atoms with Gasteiger partial charge in [0.2, 0.25) is 0 Å². The molecule has 7 heteroatoms. The topological polar surface area (TPSA) is 52.6 Å². The van der Waals surface area contributed by atoms with Gasteiger partial charge in [0, 0.05) is 20.3 Å². The first-order valence-corrected chi connectivity index (χ1v) is 10.2. The number of hydrogen-bond acceptors (Lipinski definition) is 6. The number of carbonyl (C=O) groups excluding carboxylic acids is 2. The van der Waals surface area contributed by atoms with Crippen molar-refractivity contribution in [1.82, 2.24) is 0 Å². The molecular formula is C21H15FO4S2. The number of hydrogen-bond donors (Lipinski definition) is 0. The largest absolute Gasteiger partial charge is 0.462 e. The summed E-state index contributed by atoms with van der Waals surface area (Å²) in [5.41, 5.74) is 0.339. The van der Waals surface area contributed by atoms with Crippen LogP contribution >= 0.6 is 22.7 Å². The highest BCUT2D eigenvalue weighted by Gasteiger charge is 2.23. The average molecular weight is 414 g/mol. The van der Waals surface area contributed by atoms with Crippen LogP contribution in [0.5, 0.6) is 0 Å². The molecule has 4 rings (SSSR count). The molecule has 0 saturated carbocycles. The van der Waals surface area contributed by atoms with Crippen molar-refractivity contribution in [3.8, 4) is 0 Å². The fraction of sp³-hybridized carbons (Fsp3) is 0.143. The molecule has 2 aromatic carbocycles. The second-order valence-corrected chi connectivity index (χ2v) is 8.10. The normalized spacial score (nSPS) is 11.1. The van der Waals surface area contributed by atoms with Crippen molar-refractivity contribution in [1.29, 1.82) is 0 Å². The summed E-state index contributed by atoms with van der Waals surface area (Å²) >= 11 is 2.46. The highest BCUT2D eigenvalue weighted by atomic mass is 32.1. The van der Waals surface area contributed by atoms with Crippen LogP contribution in [-0.4, -0.2) is 18.5 Å². The Kier molecular flexibility index (Phi) is 5.11. The number of fused-ring (bicyclic) bond motifs is 2. The van der Waals surface area contributed by atoms with Crippen molar-refractivity contribution in [3.05, 3.63) is 69.7 Å². The molecule has 0 saturated heterocycles. The van der Waals surface area contributed by atoms with Crippen molar-refractivity contribution < 1.29 is 23.5 Å². The Labute approximate surface area is 168 Å². The van der Waals surface area contributed by atoms with Gasteiger partial charge in [-0.2, -0.15) is 0 Å². The minimum atomic E-state index is -0.545. The number of carbonyl (C=O) groups is 2. The molecule has 0 aliphatic heterocycles. The number of ether oxygens (including phenoxy) is 2. The van der Waals surface area contributed by atoms with Crippen molar-refractivity contribution in [2.45, 2.75) is 13.5 Å². The van der Waals surface area contributed by atoms with E-state index in [-0.39, 0.29) is 18.1 Å². The minimum absolute atomic E-state index is 0.205. The van der Waals surface area contributed by atoms with Gasteiger partial charge in [-0.15, -0.1) is 22.7 Å². The highest BCUT2D eigenvalue weighted by Crippen LogP contribution is 2.35. The average Bonchev–Trinajstić information content (AvgIpc) is 3.28. The molecule has 4 nitrogen and oxygen atoms in total. The molecule has 28 heavy (non-hydrogen) atoms. The van der Waals surface area contributed by atoms with E-state index >= 15 is 0 Å². The second kappa shape index (κ2) is 7.69. The van der Waals surface area contributed by atoms with E-state index in [1.54, 1.807) is 25.1 Å². The maximum atomic E-state index is 14.4. The lowest BCUT2D eigenvalue weighted by Crippen LogP contribution is -2.09. The Bertz CT molecular complexity index is 1160. The van der Waals surface area contributed by atoms with Crippen LogP contribution in [0.25, 0.3) is 20.2 Å². The second-order valence-electron chi connectivity index (χ2n) is 5.97. The lowest BCUT2D eigenvalue weighted by molar-refractivity contribution is 0.0459. The van der Waals surface area contributed by atoms with Gasteiger partial charge in [-0.25, -0.2) is 14.0 Å². The van der Waals surface area contributed by atoms with Crippen LogP contribution in [-0.2, 0) is 16.1 Å². The van der Waals surface area contributed by atoms with Crippen LogP contribution < -0.4 is 0 Å². The summed E-state index contributed by atoms with van der Waals surface area (Å²) in [6, 6.07) is 14.0. The summed E-state index contributed by atoms with van der Waals surface area (Å²) in [5.74, 6) is -1.51. The van der Waals surface area contributed by atoms with E-state index in [0.717, 1.165) is 21.4 Å². The summed E-state index contributed by atoms with van der Waals surface area (Å²) in [4.78, 5) is 25.5. The Balaban J connectivity index is 1.65. The summed E-state index contributed by atoms with van der Waals surface area (Å²) in [6.45, 7) is 1.70. The Morgan fingerprint density at radius 3 is 2.54 bits per heavy atom. The first-order chi connectivity index (χ1) is 13.6. The SMILES string of the molecule is CCOC(=O)c1sc2cccc(F)c2c1COC(=O)c1cc2ccccc2s1. The Morgan fingerprint density at radius 1 is 0.964 bits per heavy atom. The molecular weight excluding hydrogens is 399 g/mol. The number of halogens is 1. The lowest BCUT2D eigenvalue weighted by Gasteiger charge is -2.06. The van der Waals surface area contributed by atoms with Gasteiger partial charge in [-0.05, 0) is 36.6 Å². The van der Waals surface area contributed by atoms with Crippen LogP contribution in [0.3, 0.4) is 0 Å². The predicted octanol–water partition coefficient (Wildman–Crippen LogP) is 5.79. The predicted molar refractivity (Wildman–Crippen MR) is 109 cm³/mol. The van der Waals surface area contributed by atoms with Gasteiger partial charge < -0.3 is 9.47 Å². The molecule has 2 aromatic heterocycles. The minimum Gasteiger partial charge on any atom is -0.462 e. The zero-order valence-electron chi connectivity index (χ0n) is 14.9. The van der Waals surface area contributed by atoms with Gasteiger partial charge >= 0.3 is 11.9 Å². The Hall–Kier alpha value is -2.77. The molecule has 142 valence electrons. The zero-order chi connectivity index (χ0) is 19.7. The third-order valence-electron chi connectivity index (χ3n) is 4.20. The maximum Gasteiger partial charge on any atom is 0.348 e. The molecule has 0 bridgehead atoms. The molecule has 0 fully saturated rings. The van der Waals surface area contributed by atoms with E-state index in [1.807, 2.05) is 24.3 Å². The van der Waals surface area contributed by atoms with Gasteiger partial charge in [0.1, 0.15) is 22.2 Å². The number of rotatable bonds is 5. The molecule has 4 aromatic rings. The summed E-state index contributed by atoms with van der Waals surface area (Å²) in [7, 11) is 0. The lowest BCUT2D eigenvalue weighted by atomic mass is 10.1. The molecule has 0 N–H and O–H groups in total. The van der Waals surface area contributed by atoms with E-state index in [4.69, 9.17) is 9.47 Å². The summed E-state index contributed by atoms with van der Waals surface area (Å²) in [5, 5.41) is 1.25. The molecule has 2 heterocycles. The third kappa shape index (κ3) is 3.39. The number of esters is 2. The summed E-state index contributed by atoms with van der Waals surface area (Å²) in [6.07, 6.45) is 0. The molecule has 0 atom stereocenters. The zero-order valence-corrected chi connectivity index (χ0v) is 16.5. The smallest absolute Gasteiger partial charge is 0.348 e. The van der Waals surface area contributed by atoms with E-state index < -0.39 is 17.8 Å². The van der Waals surface area contributed by atoms with Crippen LogP contribution in [0.1, 0.15) is 31.8 Å². The van der Waals surface area contributed by atoms with Crippen molar-refractivity contribution in [2.24, 2.45) is 0 Å². The van der Waals surface area contributed by atoms with Crippen LogP contribution in [0.4, 0.5) is 4.39 Å². The third-order valence-corrected chi connectivity index (χ3v) is 6.47. The monoisotopic (exact) mass is 414 g/mol. The maximum absolute atomic E-state index is 14.4. The Morgan fingerprint density at radius 2 is 1.75 bits per heavy atom. The van der Waals surface area contributed by atoms with E-state index in [2.05, 4.69) is 0 Å². The molecule has 0 spiro atoms.